The van der Waals surface area contributed by atoms with Crippen LogP contribution in [0.4, 0.5) is 22.4 Å². The molecule has 0 spiro atoms. The van der Waals surface area contributed by atoms with E-state index in [1.165, 1.54) is 29.6 Å². The molecule has 1 N–H and O–H groups in total. The van der Waals surface area contributed by atoms with Gasteiger partial charge in [-0.25, -0.2) is 23.5 Å². The van der Waals surface area contributed by atoms with Crippen LogP contribution in [0.15, 0.2) is 107 Å². The second-order valence-corrected chi connectivity index (χ2v) is 17.0. The highest BCUT2D eigenvalue weighted by Crippen LogP contribution is 2.30. The number of hydrogen-bond donors (Lipinski definition) is 1. The molecule has 2 aliphatic rings. The van der Waals surface area contributed by atoms with Gasteiger partial charge < -0.3 is 33.5 Å². The van der Waals surface area contributed by atoms with Crippen LogP contribution >= 0.6 is 0 Å². The number of rotatable bonds is 12. The Kier molecular flexibility index (Phi) is 13.4. The minimum atomic E-state index is -0.744. The maximum absolute atomic E-state index is 14.6. The Morgan fingerprint density at radius 1 is 0.696 bits per heavy atom. The van der Waals surface area contributed by atoms with Gasteiger partial charge in [0.15, 0.2) is 11.6 Å². The highest BCUT2D eigenvalue weighted by molar-refractivity contribution is 5.68. The lowest BCUT2D eigenvalue weighted by molar-refractivity contribution is 0.0274. The normalized spacial score (nSPS) is 15.8. The molecule has 6 aromatic heterocycles. The van der Waals surface area contributed by atoms with Gasteiger partial charge in [-0.15, -0.1) is 0 Å². The summed E-state index contributed by atoms with van der Waals surface area (Å²) in [5, 5.41) is 20.1. The van der Waals surface area contributed by atoms with E-state index < -0.39 is 29.4 Å². The molecular formula is C47H44F4N12O6. The number of ether oxygens (including phenoxy) is 3. The second kappa shape index (κ2) is 20.1. The van der Waals surface area contributed by atoms with Gasteiger partial charge in [0, 0.05) is 42.8 Å². The molecule has 69 heavy (non-hydrogen) atoms. The number of carbonyl (C=O) groups is 1. The molecule has 1 amide bonds. The summed E-state index contributed by atoms with van der Waals surface area (Å²) in [4.78, 5) is 30.5. The van der Waals surface area contributed by atoms with Gasteiger partial charge >= 0.3 is 6.09 Å². The summed E-state index contributed by atoms with van der Waals surface area (Å²) in [5.41, 5.74) is 3.07. The molecule has 0 aliphatic carbocycles. The molecule has 22 heteroatoms. The average molecular weight is 949 g/mol. The molecule has 8 aromatic rings. The van der Waals surface area contributed by atoms with Gasteiger partial charge in [-0.2, -0.15) is 28.9 Å². The fourth-order valence-electron chi connectivity index (χ4n) is 7.45. The van der Waals surface area contributed by atoms with Gasteiger partial charge in [0.2, 0.25) is 11.6 Å². The number of benzene rings is 2. The molecule has 2 unspecified atom stereocenters. The third-order valence-corrected chi connectivity index (χ3v) is 10.8. The van der Waals surface area contributed by atoms with E-state index >= 15 is 0 Å². The first-order valence-corrected chi connectivity index (χ1v) is 21.9. The molecular weight excluding hydrogens is 905 g/mol. The zero-order chi connectivity index (χ0) is 48.1. The fraction of sp³-hybridized carbons (Fsp3) is 0.298. The summed E-state index contributed by atoms with van der Waals surface area (Å²) in [5.74, 6) is -2.17. The molecule has 2 fully saturated rings. The third kappa shape index (κ3) is 11.1. The quantitative estimate of drug-likeness (QED) is 0.116. The van der Waals surface area contributed by atoms with Crippen molar-refractivity contribution in [2.24, 2.45) is 0 Å². The van der Waals surface area contributed by atoms with Gasteiger partial charge in [-0.05, 0) is 58.0 Å². The molecule has 0 radical (unpaired) electrons. The number of nitrogens with one attached hydrogen (secondary N) is 1. The number of halogens is 4. The van der Waals surface area contributed by atoms with E-state index in [0.717, 1.165) is 25.4 Å². The van der Waals surface area contributed by atoms with Gasteiger partial charge in [0.25, 0.3) is 11.8 Å². The molecule has 10 rings (SSSR count). The van der Waals surface area contributed by atoms with Crippen molar-refractivity contribution in [1.82, 2.24) is 60.0 Å². The Balaban J connectivity index is 0.000000175. The Bertz CT molecular complexity index is 3030. The maximum Gasteiger partial charge on any atom is 0.410 e. The predicted molar refractivity (Wildman–Crippen MR) is 237 cm³/mol. The Morgan fingerprint density at radius 2 is 1.22 bits per heavy atom. The van der Waals surface area contributed by atoms with Gasteiger partial charge in [0.1, 0.15) is 64.7 Å². The molecule has 2 aliphatic heterocycles. The summed E-state index contributed by atoms with van der Waals surface area (Å²) in [6, 6.07) is 19.5. The Labute approximate surface area is 391 Å². The molecule has 356 valence electrons. The van der Waals surface area contributed by atoms with E-state index in [2.05, 4.69) is 45.8 Å². The summed E-state index contributed by atoms with van der Waals surface area (Å²) in [6.07, 6.45) is 5.11. The van der Waals surface area contributed by atoms with Crippen molar-refractivity contribution < 1.29 is 45.6 Å². The highest BCUT2D eigenvalue weighted by Gasteiger charge is 2.32. The molecule has 2 saturated heterocycles. The van der Waals surface area contributed by atoms with E-state index in [-0.39, 0.29) is 60.8 Å². The van der Waals surface area contributed by atoms with Crippen LogP contribution in [0.25, 0.3) is 45.8 Å². The van der Waals surface area contributed by atoms with Crippen molar-refractivity contribution in [2.75, 3.05) is 26.2 Å². The molecule has 18 nitrogen and oxygen atoms in total. The fourth-order valence-corrected chi connectivity index (χ4v) is 7.45. The number of aromatic nitrogens is 10. The highest BCUT2D eigenvalue weighted by atomic mass is 19.1. The van der Waals surface area contributed by atoms with Crippen LogP contribution in [-0.2, 0) is 17.8 Å². The molecule has 2 atom stereocenters. The number of nitrogens with zero attached hydrogens (tertiary/aromatic N) is 11. The Morgan fingerprint density at radius 3 is 1.68 bits per heavy atom. The largest absolute Gasteiger partial charge is 0.471 e. The first kappa shape index (κ1) is 46.1. The summed E-state index contributed by atoms with van der Waals surface area (Å²) in [6.45, 7) is 7.74. The predicted octanol–water partition coefficient (Wildman–Crippen LogP) is 7.77. The lowest BCUT2D eigenvalue weighted by atomic mass is 10.2. The van der Waals surface area contributed by atoms with Gasteiger partial charge in [-0.3, -0.25) is 9.36 Å². The molecule has 2 aromatic carbocycles. The topological polar surface area (TPSA) is 199 Å². The minimum Gasteiger partial charge on any atom is -0.471 e. The average Bonchev–Trinajstić information content (AvgIpc) is 4.19. The van der Waals surface area contributed by atoms with Crippen molar-refractivity contribution in [1.29, 1.82) is 0 Å². The number of likely N-dealkylation sites (tertiary alicyclic amines) is 1. The monoisotopic (exact) mass is 948 g/mol. The minimum absolute atomic E-state index is 0.112. The molecule has 0 bridgehead atoms. The number of hydrogen-bond acceptors (Lipinski definition) is 15. The van der Waals surface area contributed by atoms with Crippen molar-refractivity contribution in [3.63, 3.8) is 0 Å². The Hall–Kier alpha value is -8.01. The summed E-state index contributed by atoms with van der Waals surface area (Å²) < 4.78 is 87.3. The maximum atomic E-state index is 14.6. The molecule has 8 heterocycles. The van der Waals surface area contributed by atoms with E-state index in [1.54, 1.807) is 90.8 Å². The van der Waals surface area contributed by atoms with Gasteiger partial charge in [-0.1, -0.05) is 46.7 Å². The first-order chi connectivity index (χ1) is 33.3. The van der Waals surface area contributed by atoms with Crippen LogP contribution in [0.2, 0.25) is 0 Å². The van der Waals surface area contributed by atoms with E-state index in [1.807, 2.05) is 0 Å². The third-order valence-electron chi connectivity index (χ3n) is 10.8. The summed E-state index contributed by atoms with van der Waals surface area (Å²) in [7, 11) is 0. The van der Waals surface area contributed by atoms with Crippen LogP contribution in [-0.4, -0.2) is 105 Å². The summed E-state index contributed by atoms with van der Waals surface area (Å²) >= 11 is 0. The van der Waals surface area contributed by atoms with E-state index in [0.29, 0.717) is 64.8 Å². The second-order valence-electron chi connectivity index (χ2n) is 17.0. The van der Waals surface area contributed by atoms with Gasteiger partial charge in [0.05, 0.1) is 43.4 Å². The zero-order valence-electron chi connectivity index (χ0n) is 37.4. The molecule has 0 saturated carbocycles. The number of carbonyl (C=O) groups excluding carboxylic acids is 1. The first-order valence-electron chi connectivity index (χ1n) is 21.9. The van der Waals surface area contributed by atoms with Crippen LogP contribution in [0.3, 0.4) is 0 Å². The van der Waals surface area contributed by atoms with Crippen molar-refractivity contribution in [2.45, 2.75) is 64.5 Å². The van der Waals surface area contributed by atoms with Crippen LogP contribution in [0.1, 0.15) is 44.7 Å². The smallest absolute Gasteiger partial charge is 0.410 e. The standard InChI is InChI=1S/C26H26F2N6O4.C21H18F2N6O2/c1-26(2,3)38-25(35)33-10-8-17(15-33)37-24-19(28)13-29-23(30-24)21-12-22(20-9-11-36-32-20)34(31-21)14-16-6-4-5-7-18(16)27;22-15-4-2-1-3-13(15)12-29-19(17-6-8-30-28-17)9-18(27-29)20-25-11-16(23)21(26-20)31-14-5-7-24-10-14/h4-7,9,11-13,17H,8,10,14-15H2,1-3H3;1-4,6,8-9,11,14,24H,5,7,10,12H2. The van der Waals surface area contributed by atoms with Crippen molar-refractivity contribution >= 4 is 6.09 Å². The lowest BCUT2D eigenvalue weighted by Gasteiger charge is -2.24. The van der Waals surface area contributed by atoms with Crippen LogP contribution < -0.4 is 14.8 Å². The van der Waals surface area contributed by atoms with E-state index in [9.17, 15) is 22.4 Å². The lowest BCUT2D eigenvalue weighted by Crippen LogP contribution is -2.36. The van der Waals surface area contributed by atoms with Crippen molar-refractivity contribution in [3.05, 3.63) is 132 Å². The van der Waals surface area contributed by atoms with Crippen LogP contribution in [0.5, 0.6) is 11.8 Å². The SMILES string of the molecule is CC(C)(C)OC(=O)N1CCC(Oc2nc(-c3cc(-c4ccon4)n(Cc4ccccc4F)n3)ncc2F)C1.Fc1ccccc1Cn1nc(-c2ncc(F)c(OC3CCNC3)n2)cc1-c1ccon1. The zero-order valence-corrected chi connectivity index (χ0v) is 37.4. The van der Waals surface area contributed by atoms with Crippen molar-refractivity contribution in [3.8, 4) is 57.6 Å². The van der Waals surface area contributed by atoms with E-state index in [4.69, 9.17) is 23.3 Å². The van der Waals surface area contributed by atoms with Crippen LogP contribution in [0, 0.1) is 23.3 Å². The number of amides is 1.